The summed E-state index contributed by atoms with van der Waals surface area (Å²) in [6.45, 7) is 3.05. The minimum Gasteiger partial charge on any atom is -0.394 e. The Hall–Kier alpha value is -1.04. The Balaban J connectivity index is 2.21. The minimum absolute atomic E-state index is 0.136. The number of benzene rings is 1. The lowest BCUT2D eigenvalue weighted by Gasteiger charge is -2.34. The Bertz CT molecular complexity index is 361. The van der Waals surface area contributed by atoms with Crippen molar-refractivity contribution < 1.29 is 13.9 Å². The van der Waals surface area contributed by atoms with E-state index in [4.69, 9.17) is 0 Å². The molecule has 1 heterocycles. The van der Waals surface area contributed by atoms with E-state index in [1.54, 1.807) is 0 Å². The number of aliphatic hydroxyl groups is 1. The van der Waals surface area contributed by atoms with Crippen LogP contribution in [0.1, 0.15) is 11.6 Å². The smallest absolute Gasteiger partial charge is 0.126 e. The van der Waals surface area contributed by atoms with Crippen molar-refractivity contribution in [2.24, 2.45) is 0 Å². The third kappa shape index (κ3) is 3.00. The largest absolute Gasteiger partial charge is 0.394 e. The molecule has 0 aromatic heterocycles. The van der Waals surface area contributed by atoms with Crippen molar-refractivity contribution in [2.75, 3.05) is 32.8 Å². The number of piperazine rings is 1. The van der Waals surface area contributed by atoms with E-state index < -0.39 is 11.6 Å². The molecule has 1 fully saturated rings. The quantitative estimate of drug-likeness (QED) is 0.826. The molecule has 1 saturated heterocycles. The second-order valence-electron chi connectivity index (χ2n) is 4.19. The number of hydrogen-bond acceptors (Lipinski definition) is 3. The molecule has 0 bridgehead atoms. The van der Waals surface area contributed by atoms with Crippen molar-refractivity contribution in [3.05, 3.63) is 35.4 Å². The van der Waals surface area contributed by atoms with Gasteiger partial charge in [-0.05, 0) is 17.7 Å². The number of hydrogen-bond donors (Lipinski definition) is 2. The Morgan fingerprint density at radius 1 is 1.18 bits per heavy atom. The summed E-state index contributed by atoms with van der Waals surface area (Å²) >= 11 is 0. The second-order valence-corrected chi connectivity index (χ2v) is 4.19. The Kier molecular flexibility index (Phi) is 4.04. The zero-order valence-electron chi connectivity index (χ0n) is 9.50. The highest BCUT2D eigenvalue weighted by atomic mass is 19.1. The van der Waals surface area contributed by atoms with Crippen LogP contribution in [0.25, 0.3) is 0 Å². The maximum atomic E-state index is 13.1. The summed E-state index contributed by atoms with van der Waals surface area (Å²) in [5.41, 5.74) is 0.493. The van der Waals surface area contributed by atoms with E-state index in [-0.39, 0.29) is 12.6 Å². The van der Waals surface area contributed by atoms with Gasteiger partial charge >= 0.3 is 0 Å². The predicted molar refractivity (Wildman–Crippen MR) is 60.6 cm³/mol. The number of rotatable bonds is 3. The number of nitrogens with one attached hydrogen (secondary N) is 1. The van der Waals surface area contributed by atoms with Crippen molar-refractivity contribution >= 4 is 0 Å². The van der Waals surface area contributed by atoms with Crippen molar-refractivity contribution in [3.63, 3.8) is 0 Å². The van der Waals surface area contributed by atoms with Crippen LogP contribution < -0.4 is 5.32 Å². The monoisotopic (exact) mass is 242 g/mol. The fourth-order valence-corrected chi connectivity index (χ4v) is 2.19. The molecule has 2 N–H and O–H groups in total. The number of halogens is 2. The van der Waals surface area contributed by atoms with Gasteiger partial charge in [0.05, 0.1) is 12.6 Å². The van der Waals surface area contributed by atoms with Crippen LogP contribution >= 0.6 is 0 Å². The molecule has 0 saturated carbocycles. The molecular weight excluding hydrogens is 226 g/mol. The Morgan fingerprint density at radius 3 is 2.29 bits per heavy atom. The average molecular weight is 242 g/mol. The average Bonchev–Trinajstić information content (AvgIpc) is 2.30. The van der Waals surface area contributed by atoms with Crippen LogP contribution in [-0.2, 0) is 0 Å². The van der Waals surface area contributed by atoms with Gasteiger partial charge in [-0.3, -0.25) is 4.90 Å². The number of aliphatic hydroxyl groups excluding tert-OH is 1. The third-order valence-corrected chi connectivity index (χ3v) is 3.03. The predicted octanol–water partition coefficient (Wildman–Crippen LogP) is 0.903. The molecule has 0 aliphatic carbocycles. The van der Waals surface area contributed by atoms with E-state index in [9.17, 15) is 13.9 Å². The lowest BCUT2D eigenvalue weighted by molar-refractivity contribution is 0.110. The van der Waals surface area contributed by atoms with Gasteiger partial charge in [-0.25, -0.2) is 8.78 Å². The van der Waals surface area contributed by atoms with Gasteiger partial charge < -0.3 is 10.4 Å². The fourth-order valence-electron chi connectivity index (χ4n) is 2.19. The first-order valence-electron chi connectivity index (χ1n) is 5.72. The van der Waals surface area contributed by atoms with E-state index in [2.05, 4.69) is 5.32 Å². The van der Waals surface area contributed by atoms with Gasteiger partial charge in [0.1, 0.15) is 11.6 Å². The zero-order valence-corrected chi connectivity index (χ0v) is 9.50. The highest BCUT2D eigenvalue weighted by Gasteiger charge is 2.22. The molecule has 0 spiro atoms. The molecule has 1 aromatic rings. The summed E-state index contributed by atoms with van der Waals surface area (Å²) in [6.07, 6.45) is 0. The highest BCUT2D eigenvalue weighted by Crippen LogP contribution is 2.22. The molecule has 1 aromatic carbocycles. The van der Waals surface area contributed by atoms with E-state index in [1.165, 1.54) is 12.1 Å². The normalized spacial score (nSPS) is 19.2. The summed E-state index contributed by atoms with van der Waals surface area (Å²) in [4.78, 5) is 2.03. The van der Waals surface area contributed by atoms with Crippen molar-refractivity contribution in [1.82, 2.24) is 10.2 Å². The van der Waals surface area contributed by atoms with Crippen molar-refractivity contribution in [1.29, 1.82) is 0 Å². The summed E-state index contributed by atoms with van der Waals surface area (Å²) in [7, 11) is 0. The van der Waals surface area contributed by atoms with Crippen molar-refractivity contribution in [2.45, 2.75) is 6.04 Å². The molecule has 1 aliphatic heterocycles. The molecule has 17 heavy (non-hydrogen) atoms. The minimum atomic E-state index is -0.603. The first-order valence-corrected chi connectivity index (χ1v) is 5.72. The molecule has 94 valence electrons. The topological polar surface area (TPSA) is 35.5 Å². The maximum Gasteiger partial charge on any atom is 0.126 e. The number of nitrogens with zero attached hydrogens (tertiary/aromatic N) is 1. The Labute approximate surface area is 99.1 Å². The molecule has 0 unspecified atom stereocenters. The lowest BCUT2D eigenvalue weighted by Crippen LogP contribution is -2.46. The standard InChI is InChI=1S/C12H16F2N2O/c13-10-5-9(6-11(14)7-10)12(8-17)16-3-1-15-2-4-16/h5-7,12,15,17H,1-4,8H2/t12-/m0/s1. The Morgan fingerprint density at radius 2 is 1.76 bits per heavy atom. The first kappa shape index (κ1) is 12.4. The molecule has 1 aliphatic rings. The van der Waals surface area contributed by atoms with Gasteiger partial charge in [0.15, 0.2) is 0 Å². The third-order valence-electron chi connectivity index (χ3n) is 3.03. The van der Waals surface area contributed by atoms with E-state index in [0.29, 0.717) is 5.56 Å². The maximum absolute atomic E-state index is 13.1. The van der Waals surface area contributed by atoms with Crippen LogP contribution in [0.3, 0.4) is 0 Å². The van der Waals surface area contributed by atoms with E-state index in [1.807, 2.05) is 4.90 Å². The van der Waals surface area contributed by atoms with Crippen LogP contribution in [0.2, 0.25) is 0 Å². The lowest BCUT2D eigenvalue weighted by atomic mass is 10.0. The summed E-state index contributed by atoms with van der Waals surface area (Å²) in [6, 6.07) is 3.08. The van der Waals surface area contributed by atoms with Crippen LogP contribution in [0.4, 0.5) is 8.78 Å². The molecular formula is C12H16F2N2O. The van der Waals surface area contributed by atoms with E-state index >= 15 is 0 Å². The van der Waals surface area contributed by atoms with Gasteiger partial charge in [-0.2, -0.15) is 0 Å². The van der Waals surface area contributed by atoms with E-state index in [0.717, 1.165) is 32.2 Å². The molecule has 2 rings (SSSR count). The van der Waals surface area contributed by atoms with Crippen LogP contribution in [0.5, 0.6) is 0 Å². The van der Waals surface area contributed by atoms with Gasteiger partial charge in [0.2, 0.25) is 0 Å². The fraction of sp³-hybridized carbons (Fsp3) is 0.500. The highest BCUT2D eigenvalue weighted by molar-refractivity contribution is 5.21. The summed E-state index contributed by atoms with van der Waals surface area (Å²) in [5.74, 6) is -1.21. The molecule has 0 radical (unpaired) electrons. The van der Waals surface area contributed by atoms with Crippen LogP contribution in [0.15, 0.2) is 18.2 Å². The zero-order chi connectivity index (χ0) is 12.3. The van der Waals surface area contributed by atoms with Gasteiger partial charge in [-0.1, -0.05) is 0 Å². The molecule has 0 amide bonds. The van der Waals surface area contributed by atoms with Crippen LogP contribution in [0, 0.1) is 11.6 Å². The summed E-state index contributed by atoms with van der Waals surface area (Å²) in [5, 5.41) is 12.6. The van der Waals surface area contributed by atoms with Gasteiger partial charge in [0.25, 0.3) is 0 Å². The summed E-state index contributed by atoms with van der Waals surface area (Å²) < 4.78 is 26.3. The van der Waals surface area contributed by atoms with Gasteiger partial charge in [-0.15, -0.1) is 0 Å². The van der Waals surface area contributed by atoms with Crippen molar-refractivity contribution in [3.8, 4) is 0 Å². The van der Waals surface area contributed by atoms with Crippen LogP contribution in [-0.4, -0.2) is 42.8 Å². The molecule has 5 heteroatoms. The molecule has 3 nitrogen and oxygen atoms in total. The second kappa shape index (κ2) is 5.53. The van der Waals surface area contributed by atoms with Gasteiger partial charge in [0, 0.05) is 32.2 Å². The SMILES string of the molecule is OC[C@@H](c1cc(F)cc(F)c1)N1CCNCC1. The molecule has 1 atom stereocenters. The first-order chi connectivity index (χ1) is 8.20.